The number of halogens is 1. The van der Waals surface area contributed by atoms with E-state index in [0.29, 0.717) is 16.6 Å². The van der Waals surface area contributed by atoms with E-state index < -0.39 is 5.60 Å². The van der Waals surface area contributed by atoms with Gasteiger partial charge in [0.1, 0.15) is 11.6 Å². The first-order valence-electron chi connectivity index (χ1n) is 7.62. The van der Waals surface area contributed by atoms with Crippen LogP contribution in [-0.4, -0.2) is 35.5 Å². The summed E-state index contributed by atoms with van der Waals surface area (Å²) in [6.07, 6.45) is 1.68. The molecule has 0 aliphatic carbocycles. The molecule has 1 heterocycles. The Labute approximate surface area is 147 Å². The maximum absolute atomic E-state index is 12.5. The summed E-state index contributed by atoms with van der Waals surface area (Å²) in [6, 6.07) is 10.7. The van der Waals surface area contributed by atoms with E-state index in [-0.39, 0.29) is 5.91 Å². The Morgan fingerprint density at radius 1 is 1.29 bits per heavy atom. The minimum absolute atomic E-state index is 0.281. The van der Waals surface area contributed by atoms with Gasteiger partial charge in [-0.3, -0.25) is 4.79 Å². The van der Waals surface area contributed by atoms with Crippen LogP contribution in [0.25, 0.3) is 0 Å². The molecule has 1 N–H and O–H groups in total. The van der Waals surface area contributed by atoms with Crippen molar-refractivity contribution in [3.63, 3.8) is 0 Å². The first-order valence-corrected chi connectivity index (χ1v) is 8.00. The van der Waals surface area contributed by atoms with Gasteiger partial charge in [-0.25, -0.2) is 4.98 Å². The first kappa shape index (κ1) is 18.2. The number of nitrogens with zero attached hydrogens (tertiary/aromatic N) is 2. The number of hydrogen-bond acceptors (Lipinski definition) is 4. The number of rotatable bonds is 6. The molecule has 0 fully saturated rings. The Balaban J connectivity index is 2.07. The molecule has 2 aromatic rings. The SMILES string of the molecule is CN(C)Cc1ccnc(NC(=O)C(C)(C)Oc2cccc(Cl)c2)c1. The number of nitrogens with one attached hydrogen (secondary N) is 1. The second-order valence-corrected chi connectivity index (χ2v) is 6.75. The standard InChI is InChI=1S/C18H22ClN3O2/c1-18(2,24-15-7-5-6-14(19)11-15)17(23)21-16-10-13(8-9-20-16)12-22(3)4/h5-11H,12H2,1-4H3,(H,20,21,23). The van der Waals surface area contributed by atoms with Crippen LogP contribution in [0.3, 0.4) is 0 Å². The van der Waals surface area contributed by atoms with Crippen LogP contribution in [0, 0.1) is 0 Å². The van der Waals surface area contributed by atoms with Crippen LogP contribution in [0.2, 0.25) is 5.02 Å². The molecule has 5 nitrogen and oxygen atoms in total. The summed E-state index contributed by atoms with van der Waals surface area (Å²) in [5.41, 5.74) is 0.00283. The fourth-order valence-electron chi connectivity index (χ4n) is 2.14. The van der Waals surface area contributed by atoms with Crippen LogP contribution in [0.5, 0.6) is 5.75 Å². The summed E-state index contributed by atoms with van der Waals surface area (Å²) in [6.45, 7) is 4.17. The fourth-order valence-corrected chi connectivity index (χ4v) is 2.32. The van der Waals surface area contributed by atoms with Gasteiger partial charge in [0.25, 0.3) is 5.91 Å². The van der Waals surface area contributed by atoms with Gasteiger partial charge in [-0.2, -0.15) is 0 Å². The molecule has 2 rings (SSSR count). The molecule has 0 saturated carbocycles. The number of aromatic nitrogens is 1. The smallest absolute Gasteiger partial charge is 0.269 e. The Hall–Kier alpha value is -2.11. The van der Waals surface area contributed by atoms with Crippen LogP contribution < -0.4 is 10.1 Å². The van der Waals surface area contributed by atoms with Crippen LogP contribution >= 0.6 is 11.6 Å². The number of carbonyl (C=O) groups excluding carboxylic acids is 1. The van der Waals surface area contributed by atoms with E-state index in [9.17, 15) is 4.79 Å². The third kappa shape index (κ3) is 5.22. The monoisotopic (exact) mass is 347 g/mol. The Morgan fingerprint density at radius 2 is 2.04 bits per heavy atom. The zero-order chi connectivity index (χ0) is 17.7. The molecule has 0 aliphatic rings. The van der Waals surface area contributed by atoms with Crippen molar-refractivity contribution in [3.8, 4) is 5.75 Å². The molecule has 1 aromatic heterocycles. The lowest BCUT2D eigenvalue weighted by molar-refractivity contribution is -0.128. The van der Waals surface area contributed by atoms with Crippen molar-refractivity contribution < 1.29 is 9.53 Å². The lowest BCUT2D eigenvalue weighted by atomic mass is 10.1. The number of ether oxygens (including phenoxy) is 1. The molecular weight excluding hydrogens is 326 g/mol. The van der Waals surface area contributed by atoms with E-state index in [1.807, 2.05) is 31.1 Å². The highest BCUT2D eigenvalue weighted by Gasteiger charge is 2.30. The lowest BCUT2D eigenvalue weighted by Gasteiger charge is -2.25. The maximum atomic E-state index is 12.5. The quantitative estimate of drug-likeness (QED) is 0.867. The van der Waals surface area contributed by atoms with Crippen LogP contribution in [0.1, 0.15) is 19.4 Å². The van der Waals surface area contributed by atoms with Gasteiger partial charge in [0.2, 0.25) is 0 Å². The summed E-state index contributed by atoms with van der Waals surface area (Å²) < 4.78 is 5.78. The summed E-state index contributed by atoms with van der Waals surface area (Å²) in [4.78, 5) is 18.8. The van der Waals surface area contributed by atoms with Crippen LogP contribution in [-0.2, 0) is 11.3 Å². The summed E-state index contributed by atoms with van der Waals surface area (Å²) in [7, 11) is 3.97. The second kappa shape index (κ2) is 7.64. The van der Waals surface area contributed by atoms with E-state index >= 15 is 0 Å². The van der Waals surface area contributed by atoms with Crippen molar-refractivity contribution in [2.24, 2.45) is 0 Å². The van der Waals surface area contributed by atoms with E-state index in [0.717, 1.165) is 12.1 Å². The van der Waals surface area contributed by atoms with Crippen LogP contribution in [0.15, 0.2) is 42.6 Å². The summed E-state index contributed by atoms with van der Waals surface area (Å²) >= 11 is 5.95. The molecule has 1 aromatic carbocycles. The molecule has 6 heteroatoms. The highest BCUT2D eigenvalue weighted by Crippen LogP contribution is 2.23. The van der Waals surface area contributed by atoms with E-state index in [1.54, 1.807) is 44.3 Å². The molecule has 0 atom stereocenters. The molecule has 0 radical (unpaired) electrons. The molecular formula is C18H22ClN3O2. The van der Waals surface area contributed by atoms with Gasteiger partial charge in [0.05, 0.1) is 0 Å². The zero-order valence-corrected chi connectivity index (χ0v) is 15.1. The van der Waals surface area contributed by atoms with E-state index in [2.05, 4.69) is 10.3 Å². The van der Waals surface area contributed by atoms with Gasteiger partial charge in [0, 0.05) is 17.8 Å². The molecule has 0 unspecified atom stereocenters. The third-order valence-electron chi connectivity index (χ3n) is 3.28. The van der Waals surface area contributed by atoms with Crippen molar-refractivity contribution in [1.82, 2.24) is 9.88 Å². The molecule has 0 aliphatic heterocycles. The van der Waals surface area contributed by atoms with Gasteiger partial charge >= 0.3 is 0 Å². The topological polar surface area (TPSA) is 54.5 Å². The number of benzene rings is 1. The Kier molecular flexibility index (Phi) is 5.80. The van der Waals surface area contributed by atoms with E-state index in [1.165, 1.54) is 0 Å². The minimum Gasteiger partial charge on any atom is -0.478 e. The second-order valence-electron chi connectivity index (χ2n) is 6.31. The van der Waals surface area contributed by atoms with Crippen molar-refractivity contribution in [2.75, 3.05) is 19.4 Å². The average Bonchev–Trinajstić information content (AvgIpc) is 2.46. The van der Waals surface area contributed by atoms with Crippen molar-refractivity contribution in [2.45, 2.75) is 26.0 Å². The molecule has 0 spiro atoms. The number of hydrogen-bond donors (Lipinski definition) is 1. The summed E-state index contributed by atoms with van der Waals surface area (Å²) in [5, 5.41) is 3.36. The predicted molar refractivity (Wildman–Crippen MR) is 96.4 cm³/mol. The molecule has 24 heavy (non-hydrogen) atoms. The van der Waals surface area contributed by atoms with E-state index in [4.69, 9.17) is 16.3 Å². The highest BCUT2D eigenvalue weighted by atomic mass is 35.5. The predicted octanol–water partition coefficient (Wildman–Crippen LogP) is 3.59. The Bertz CT molecular complexity index is 717. The van der Waals surface area contributed by atoms with Gasteiger partial charge in [-0.15, -0.1) is 0 Å². The van der Waals surface area contributed by atoms with Gasteiger partial charge < -0.3 is 15.0 Å². The largest absolute Gasteiger partial charge is 0.478 e. The number of carbonyl (C=O) groups is 1. The maximum Gasteiger partial charge on any atom is 0.269 e. The number of pyridine rings is 1. The fraction of sp³-hybridized carbons (Fsp3) is 0.333. The third-order valence-corrected chi connectivity index (χ3v) is 3.52. The molecule has 128 valence electrons. The van der Waals surface area contributed by atoms with Crippen molar-refractivity contribution >= 4 is 23.3 Å². The normalized spacial score (nSPS) is 11.4. The number of anilines is 1. The first-order chi connectivity index (χ1) is 11.3. The minimum atomic E-state index is -1.07. The van der Waals surface area contributed by atoms with Crippen LogP contribution in [0.4, 0.5) is 5.82 Å². The van der Waals surface area contributed by atoms with Gasteiger partial charge in [-0.1, -0.05) is 17.7 Å². The van der Waals surface area contributed by atoms with Crippen molar-refractivity contribution in [3.05, 3.63) is 53.2 Å². The van der Waals surface area contributed by atoms with Gasteiger partial charge in [0.15, 0.2) is 5.60 Å². The summed E-state index contributed by atoms with van der Waals surface area (Å²) in [5.74, 6) is 0.760. The highest BCUT2D eigenvalue weighted by molar-refractivity contribution is 6.30. The average molecular weight is 348 g/mol. The molecule has 0 saturated heterocycles. The molecule has 1 amide bonds. The molecule has 0 bridgehead atoms. The number of amides is 1. The van der Waals surface area contributed by atoms with Crippen molar-refractivity contribution in [1.29, 1.82) is 0 Å². The Morgan fingerprint density at radius 3 is 2.71 bits per heavy atom. The van der Waals surface area contributed by atoms with Gasteiger partial charge in [-0.05, 0) is 63.8 Å². The zero-order valence-electron chi connectivity index (χ0n) is 14.3. The lowest BCUT2D eigenvalue weighted by Crippen LogP contribution is -2.42.